The summed E-state index contributed by atoms with van der Waals surface area (Å²) in [5.41, 5.74) is 18.6. The van der Waals surface area contributed by atoms with E-state index in [0.717, 1.165) is 130 Å². The van der Waals surface area contributed by atoms with Crippen LogP contribution in [0.3, 0.4) is 0 Å². The Morgan fingerprint density at radius 3 is 1.26 bits per heavy atom. The molecular formula is C119H197F3N22. The van der Waals surface area contributed by atoms with Crippen LogP contribution in [-0.4, -0.2) is 110 Å². The van der Waals surface area contributed by atoms with Crippen molar-refractivity contribution in [1.82, 2.24) is 105 Å². The molecule has 144 heavy (non-hydrogen) atoms. The van der Waals surface area contributed by atoms with Gasteiger partial charge in [0.25, 0.3) is 5.92 Å². The number of rotatable bonds is 3. The van der Waals surface area contributed by atoms with E-state index in [0.29, 0.717) is 58.7 Å². The summed E-state index contributed by atoms with van der Waals surface area (Å²) in [6.07, 6.45) is 32.4. The predicted octanol–water partition coefficient (Wildman–Crippen LogP) is 30.0. The van der Waals surface area contributed by atoms with Crippen LogP contribution in [0, 0.1) is 69.0 Å². The Labute approximate surface area is 869 Å². The lowest BCUT2D eigenvalue weighted by Crippen LogP contribution is -2.41. The van der Waals surface area contributed by atoms with Gasteiger partial charge in [-0.2, -0.15) is 8.78 Å². The number of hydrogen-bond donors (Lipinski definition) is 0. The summed E-state index contributed by atoms with van der Waals surface area (Å²) < 4.78 is 59.9. The highest BCUT2D eigenvalue weighted by atomic mass is 19.3. The number of aryl methyl sites for hydroxylation is 2. The average molecular weight is 1990 g/mol. The van der Waals surface area contributed by atoms with Crippen molar-refractivity contribution in [3.8, 4) is 22.5 Å². The zero-order valence-corrected chi connectivity index (χ0v) is 98.0. The molecule has 1 saturated carbocycles. The lowest BCUT2D eigenvalue weighted by molar-refractivity contribution is -0.114. The lowest BCUT2D eigenvalue weighted by Gasteiger charge is -2.40. The van der Waals surface area contributed by atoms with Gasteiger partial charge in [-0.05, 0) is 395 Å². The Bertz CT molecular complexity index is 5610. The summed E-state index contributed by atoms with van der Waals surface area (Å²) in [5.74, 6) is 1.98. The monoisotopic (exact) mass is 1990 g/mol. The maximum Gasteiger partial charge on any atom is 0.296 e. The van der Waals surface area contributed by atoms with Gasteiger partial charge in [-0.1, -0.05) is 222 Å². The van der Waals surface area contributed by atoms with Crippen molar-refractivity contribution in [2.24, 2.45) is 69.0 Å². The van der Waals surface area contributed by atoms with Crippen molar-refractivity contribution in [2.45, 2.75) is 532 Å². The number of fused-ring (bicyclic) bond motifs is 12. The molecule has 8 atom stereocenters. The van der Waals surface area contributed by atoms with Crippen molar-refractivity contribution < 1.29 is 13.2 Å². The van der Waals surface area contributed by atoms with Crippen molar-refractivity contribution in [3.05, 3.63) is 122 Å². The molecule has 8 unspecified atom stereocenters. The number of aromatic nitrogens is 21. The van der Waals surface area contributed by atoms with E-state index in [4.69, 9.17) is 0 Å². The van der Waals surface area contributed by atoms with Gasteiger partial charge in [-0.15, -0.1) is 35.7 Å². The molecule has 7 aromatic heterocycles. The van der Waals surface area contributed by atoms with Crippen LogP contribution in [0.25, 0.3) is 22.5 Å². The first-order chi connectivity index (χ1) is 66.4. The van der Waals surface area contributed by atoms with E-state index in [1.807, 2.05) is 60.1 Å². The Hall–Kier alpha value is -7.99. The molecule has 8 aliphatic rings. The number of anilines is 1. The molecule has 0 N–H and O–H groups in total. The Kier molecular flexibility index (Phi) is 36.1. The Morgan fingerprint density at radius 1 is 0.340 bits per heavy atom. The first-order valence-electron chi connectivity index (χ1n) is 56.0. The molecule has 2 aromatic carbocycles. The van der Waals surface area contributed by atoms with Gasteiger partial charge in [0, 0.05) is 40.7 Å². The average Bonchev–Trinajstić information content (AvgIpc) is 1.61. The van der Waals surface area contributed by atoms with E-state index in [9.17, 15) is 0 Å². The third kappa shape index (κ3) is 28.2. The minimum atomic E-state index is -2.92. The van der Waals surface area contributed by atoms with Gasteiger partial charge in [0.1, 0.15) is 11.4 Å². The minimum absolute atomic E-state index is 0.0132. The van der Waals surface area contributed by atoms with Gasteiger partial charge in [-0.25, -0.2) is 37.2 Å². The van der Waals surface area contributed by atoms with E-state index in [1.165, 1.54) is 158 Å². The first kappa shape index (κ1) is 116. The van der Waals surface area contributed by atoms with Gasteiger partial charge in [0.05, 0.1) is 101 Å². The van der Waals surface area contributed by atoms with E-state index in [2.05, 4.69) is 371 Å². The molecule has 804 valence electrons. The van der Waals surface area contributed by atoms with Crippen LogP contribution >= 0.6 is 0 Å². The van der Waals surface area contributed by atoms with Gasteiger partial charge in [0.15, 0.2) is 11.4 Å². The largest absolute Gasteiger partial charge is 0.362 e. The highest BCUT2D eigenvalue weighted by molar-refractivity contribution is 5.88. The van der Waals surface area contributed by atoms with Crippen molar-refractivity contribution in [1.29, 1.82) is 0 Å². The van der Waals surface area contributed by atoms with Crippen LogP contribution in [0.15, 0.2) is 48.5 Å². The molecule has 0 saturated heterocycles. The van der Waals surface area contributed by atoms with Gasteiger partial charge in [-0.3, -0.25) is 0 Å². The molecule has 9 aromatic rings. The summed E-state index contributed by atoms with van der Waals surface area (Å²) in [6, 6.07) is 17.2. The zero-order valence-electron chi connectivity index (χ0n) is 98.0. The fourth-order valence-electron chi connectivity index (χ4n) is 23.5. The molecule has 17 rings (SSSR count). The molecule has 22 nitrogen and oxygen atoms in total. The van der Waals surface area contributed by atoms with Crippen molar-refractivity contribution in [2.75, 3.05) is 4.90 Å². The highest BCUT2D eigenvalue weighted by Crippen LogP contribution is 2.58. The summed E-state index contributed by atoms with van der Waals surface area (Å²) in [6.45, 7) is 88.5. The SMILES string of the molecule is CC(C)(C)C1CCCCc2c(nnn2C(C)(C)C)C1.CC(C)(C)C1CCCCc2c(nnn2C(C)(C)C)C1(F)F.CC(C)(C)C1CCCc2c(nnn2C(C)(C)C)CC1.CC(C)(C)CC1C2CCc3nnn(C(C)(C)C)c3CCC21.CC(C)(C)N1Cc2ccccc2-c2nnn(C(C)(C)C)c2-c2ccccc21.CC(C)C1(F)CCCCCc2c1nnn2C(C)(C)C.CC(C)C1CCCCCc2c1nnn2C(C)(C)C. The Balaban J connectivity index is 0.000000161. The second-order valence-electron chi connectivity index (χ2n) is 57.1. The van der Waals surface area contributed by atoms with Gasteiger partial charge in [0.2, 0.25) is 0 Å². The van der Waals surface area contributed by atoms with E-state index in [1.54, 1.807) is 4.68 Å². The molecule has 0 bridgehead atoms. The summed E-state index contributed by atoms with van der Waals surface area (Å²) in [4.78, 5) is 2.49. The normalized spacial score (nSPS) is 22.0. The van der Waals surface area contributed by atoms with Crippen LogP contribution in [-0.2, 0) is 115 Å². The number of nitrogens with zero attached hydrogens (tertiary/aromatic N) is 22. The smallest absolute Gasteiger partial charge is 0.296 e. The van der Waals surface area contributed by atoms with Crippen LogP contribution < -0.4 is 4.90 Å². The molecule has 0 radical (unpaired) electrons. The molecule has 0 spiro atoms. The Morgan fingerprint density at radius 2 is 0.743 bits per heavy atom. The van der Waals surface area contributed by atoms with E-state index >= 15 is 13.2 Å². The van der Waals surface area contributed by atoms with Crippen LogP contribution in [0.2, 0.25) is 0 Å². The molecule has 8 heterocycles. The molecule has 25 heteroatoms. The lowest BCUT2D eigenvalue weighted by atomic mass is 9.72. The van der Waals surface area contributed by atoms with E-state index in [-0.39, 0.29) is 55.9 Å². The zero-order chi connectivity index (χ0) is 107. The third-order valence-electron chi connectivity index (χ3n) is 31.7. The molecule has 1 fully saturated rings. The van der Waals surface area contributed by atoms with E-state index < -0.39 is 22.9 Å². The third-order valence-corrected chi connectivity index (χ3v) is 31.7. The van der Waals surface area contributed by atoms with Gasteiger partial charge >= 0.3 is 0 Å². The maximum atomic E-state index is 15.4. The molecule has 7 aliphatic carbocycles. The van der Waals surface area contributed by atoms with Crippen LogP contribution in [0.1, 0.15) is 485 Å². The quantitative estimate of drug-likeness (QED) is 0.161. The van der Waals surface area contributed by atoms with Crippen molar-refractivity contribution >= 4 is 5.69 Å². The van der Waals surface area contributed by atoms with Crippen LogP contribution in [0.4, 0.5) is 18.9 Å². The molecular weight excluding hydrogens is 1790 g/mol. The predicted molar refractivity (Wildman–Crippen MR) is 585 cm³/mol. The molecule has 0 amide bonds. The highest BCUT2D eigenvalue weighted by Gasteiger charge is 2.54. The fourth-order valence-corrected chi connectivity index (χ4v) is 23.5. The van der Waals surface area contributed by atoms with Crippen LogP contribution in [0.5, 0.6) is 0 Å². The summed E-state index contributed by atoms with van der Waals surface area (Å²) >= 11 is 0. The fraction of sp³-hybridized carbons (Fsp3) is 0.782. The van der Waals surface area contributed by atoms with Gasteiger partial charge < -0.3 is 4.90 Å². The molecule has 1 aliphatic heterocycles. The minimum Gasteiger partial charge on any atom is -0.362 e. The number of halogens is 3. The number of hydrogen-bond acceptors (Lipinski definition) is 15. The summed E-state index contributed by atoms with van der Waals surface area (Å²) in [5, 5.41) is 61.4. The summed E-state index contributed by atoms with van der Waals surface area (Å²) in [7, 11) is 0. The van der Waals surface area contributed by atoms with Crippen molar-refractivity contribution in [3.63, 3.8) is 0 Å². The number of benzene rings is 2. The standard InChI is InChI=1S/C23H28N4.C18H31N3.C16H27F2N3.2C16H29N3.C15H26FN3.C15H27N3/c1-22(2,3)26-15-16-11-7-8-12-17(16)20-21(18-13-9-10-14-19(18)26)27(25-24-20)23(4,5)6;1-17(2,3)11-14-12-7-9-15-16(10-8-13(12)14)21(20-19-15)18(4,5)6;1-14(2,3)12-10-8-7-9-11-13(16(12,17)18)19-20-21(11)15(4,5)6;1-15(2,3)12-8-7-9-14-13(11-10-12)17-18-19(14)16(4,5)6;1-15(2,3)12-9-7-8-10-14-13(11-12)17-18-19(14)16(4,5)6;1-11(2)15(16)10-8-6-7-9-12-13(15)17-18-19(12)14(3,4)5;1-11(2)12-9-7-6-8-10-13-14(12)16-17-18(13)15(3,4)5/h7-14H,15H2,1-6H3;12-14H,7-11H2,1-6H3;12H,7-10H2,1-6H3;2*12H,7-11H2,1-6H3;11H,6-10H2,1-5H3;11-12H,6-10H2,1-5H3. The number of para-hydroxylation sites is 1. The first-order valence-corrected chi connectivity index (χ1v) is 56.0. The second-order valence-corrected chi connectivity index (χ2v) is 57.1. The number of alkyl halides is 3. The topological polar surface area (TPSA) is 218 Å². The second kappa shape index (κ2) is 44.7. The maximum absolute atomic E-state index is 15.4.